The first-order valence-electron chi connectivity index (χ1n) is 8.93. The Morgan fingerprint density at radius 1 is 1.10 bits per heavy atom. The molecule has 0 amide bonds. The molecule has 0 saturated carbocycles. The van der Waals surface area contributed by atoms with E-state index in [0.717, 1.165) is 23.5 Å². The van der Waals surface area contributed by atoms with E-state index in [1.54, 1.807) is 28.9 Å². The Labute approximate surface area is 174 Å². The Bertz CT molecular complexity index is 1180. The molecule has 154 valence electrons. The zero-order chi connectivity index (χ0) is 21.3. The lowest BCUT2D eigenvalue weighted by Gasteiger charge is -2.16. The fourth-order valence-electron chi connectivity index (χ4n) is 2.96. The number of ether oxygens (including phenoxy) is 1. The molecule has 0 aliphatic heterocycles. The molecule has 4 rings (SSSR count). The first kappa shape index (κ1) is 20.1. The molecule has 0 bridgehead atoms. The van der Waals surface area contributed by atoms with Gasteiger partial charge in [0.05, 0.1) is 22.0 Å². The van der Waals surface area contributed by atoms with Crippen LogP contribution in [0.1, 0.15) is 35.5 Å². The molecule has 1 atom stereocenters. The van der Waals surface area contributed by atoms with Crippen molar-refractivity contribution in [3.05, 3.63) is 82.7 Å². The average molecular weight is 434 g/mol. The van der Waals surface area contributed by atoms with Gasteiger partial charge in [0, 0.05) is 18.8 Å². The Balaban J connectivity index is 1.46. The van der Waals surface area contributed by atoms with Gasteiger partial charge < -0.3 is 4.74 Å². The summed E-state index contributed by atoms with van der Waals surface area (Å²) in [6.45, 7) is 1.89. The standard InChI is InChI=1S/C20H15ClF3N5O/c1-12(18-6-7-25-19-27-11-28-29(18)19)30-15-4-2-13(3-5-15)8-17-16(21)9-14(10-26-17)20(22,23)24/h2-7,9-12H,8H2,1H3. The predicted molar refractivity (Wildman–Crippen MR) is 103 cm³/mol. The lowest BCUT2D eigenvalue weighted by Crippen LogP contribution is -2.10. The van der Waals surface area contributed by atoms with Crippen LogP contribution in [0.5, 0.6) is 5.75 Å². The highest BCUT2D eigenvalue weighted by molar-refractivity contribution is 6.31. The molecule has 10 heteroatoms. The van der Waals surface area contributed by atoms with Crippen LogP contribution in [0.25, 0.3) is 5.78 Å². The zero-order valence-corrected chi connectivity index (χ0v) is 16.4. The van der Waals surface area contributed by atoms with E-state index in [0.29, 0.717) is 23.6 Å². The van der Waals surface area contributed by atoms with Gasteiger partial charge in [0.15, 0.2) is 0 Å². The Kier molecular flexibility index (Phi) is 5.29. The maximum atomic E-state index is 12.7. The third kappa shape index (κ3) is 4.20. The molecular formula is C20H15ClF3N5O. The lowest BCUT2D eigenvalue weighted by atomic mass is 10.1. The van der Waals surface area contributed by atoms with Gasteiger partial charge in [-0.1, -0.05) is 23.7 Å². The summed E-state index contributed by atoms with van der Waals surface area (Å²) >= 11 is 5.99. The van der Waals surface area contributed by atoms with Gasteiger partial charge in [-0.3, -0.25) is 4.98 Å². The number of hydrogen-bond acceptors (Lipinski definition) is 5. The van der Waals surface area contributed by atoms with Gasteiger partial charge in [-0.15, -0.1) is 0 Å². The van der Waals surface area contributed by atoms with E-state index in [9.17, 15) is 13.2 Å². The summed E-state index contributed by atoms with van der Waals surface area (Å²) in [5.41, 5.74) is 1.14. The first-order valence-corrected chi connectivity index (χ1v) is 9.31. The number of hydrogen-bond donors (Lipinski definition) is 0. The highest BCUT2D eigenvalue weighted by Gasteiger charge is 2.31. The minimum Gasteiger partial charge on any atom is -0.484 e. The number of rotatable bonds is 5. The molecule has 0 aliphatic carbocycles. The molecule has 3 aromatic heterocycles. The molecule has 1 aromatic carbocycles. The molecule has 1 unspecified atom stereocenters. The van der Waals surface area contributed by atoms with Crippen molar-refractivity contribution in [3.63, 3.8) is 0 Å². The molecular weight excluding hydrogens is 419 g/mol. The van der Waals surface area contributed by atoms with Crippen molar-refractivity contribution in [2.24, 2.45) is 0 Å². The number of nitrogens with zero attached hydrogens (tertiary/aromatic N) is 5. The summed E-state index contributed by atoms with van der Waals surface area (Å²) in [5.74, 6) is 1.11. The van der Waals surface area contributed by atoms with Gasteiger partial charge >= 0.3 is 6.18 Å². The second kappa shape index (κ2) is 7.91. The van der Waals surface area contributed by atoms with Crippen molar-refractivity contribution in [2.45, 2.75) is 25.6 Å². The van der Waals surface area contributed by atoms with Gasteiger partial charge in [-0.05, 0) is 36.8 Å². The monoisotopic (exact) mass is 433 g/mol. The highest BCUT2D eigenvalue weighted by Crippen LogP contribution is 2.31. The number of benzene rings is 1. The summed E-state index contributed by atoms with van der Waals surface area (Å²) in [6, 6.07) is 9.89. The lowest BCUT2D eigenvalue weighted by molar-refractivity contribution is -0.137. The molecule has 0 saturated heterocycles. The molecule has 0 N–H and O–H groups in total. The van der Waals surface area contributed by atoms with Crippen LogP contribution < -0.4 is 4.74 Å². The molecule has 0 fully saturated rings. The number of fused-ring (bicyclic) bond motifs is 1. The number of pyridine rings is 1. The third-order valence-corrected chi connectivity index (χ3v) is 4.81. The second-order valence-corrected chi connectivity index (χ2v) is 6.98. The minimum atomic E-state index is -4.47. The molecule has 30 heavy (non-hydrogen) atoms. The topological polar surface area (TPSA) is 65.2 Å². The number of aromatic nitrogens is 5. The van der Waals surface area contributed by atoms with Crippen LogP contribution in [0.2, 0.25) is 5.02 Å². The van der Waals surface area contributed by atoms with Gasteiger partial charge in [0.25, 0.3) is 5.78 Å². The zero-order valence-electron chi connectivity index (χ0n) is 15.6. The quantitative estimate of drug-likeness (QED) is 0.447. The van der Waals surface area contributed by atoms with Gasteiger partial charge in [0.1, 0.15) is 18.2 Å². The second-order valence-electron chi connectivity index (χ2n) is 6.57. The molecule has 4 aromatic rings. The maximum Gasteiger partial charge on any atom is 0.417 e. The Morgan fingerprint density at radius 2 is 1.87 bits per heavy atom. The van der Waals surface area contributed by atoms with E-state index in [-0.39, 0.29) is 11.1 Å². The van der Waals surface area contributed by atoms with E-state index < -0.39 is 11.7 Å². The van der Waals surface area contributed by atoms with Crippen molar-refractivity contribution >= 4 is 17.4 Å². The van der Waals surface area contributed by atoms with E-state index in [1.807, 2.05) is 19.1 Å². The van der Waals surface area contributed by atoms with Crippen LogP contribution in [-0.4, -0.2) is 24.6 Å². The SMILES string of the molecule is CC(Oc1ccc(Cc2ncc(C(F)(F)F)cc2Cl)cc1)c1ccnc2ncnn12. The summed E-state index contributed by atoms with van der Waals surface area (Å²) in [4.78, 5) is 12.0. The van der Waals surface area contributed by atoms with Crippen LogP contribution in [0.15, 0.2) is 55.1 Å². The van der Waals surface area contributed by atoms with Crippen LogP contribution in [0, 0.1) is 0 Å². The molecule has 3 heterocycles. The van der Waals surface area contributed by atoms with Crippen LogP contribution in [0.4, 0.5) is 13.2 Å². The smallest absolute Gasteiger partial charge is 0.417 e. The van der Waals surface area contributed by atoms with Crippen molar-refractivity contribution in [3.8, 4) is 5.75 Å². The van der Waals surface area contributed by atoms with E-state index in [2.05, 4.69) is 20.1 Å². The summed E-state index contributed by atoms with van der Waals surface area (Å²) in [6.07, 6.45) is -0.625. The molecule has 0 spiro atoms. The minimum absolute atomic E-state index is 0.0201. The number of alkyl halides is 3. The van der Waals surface area contributed by atoms with Crippen LogP contribution in [-0.2, 0) is 12.6 Å². The molecule has 0 aliphatic rings. The predicted octanol–water partition coefficient (Wildman–Crippen LogP) is 4.92. The van der Waals surface area contributed by atoms with Crippen LogP contribution >= 0.6 is 11.6 Å². The van der Waals surface area contributed by atoms with Gasteiger partial charge in [-0.2, -0.15) is 27.8 Å². The average Bonchev–Trinajstić information content (AvgIpc) is 3.19. The maximum absolute atomic E-state index is 12.7. The van der Waals surface area contributed by atoms with E-state index in [1.165, 1.54) is 6.33 Å². The van der Waals surface area contributed by atoms with E-state index in [4.69, 9.17) is 16.3 Å². The largest absolute Gasteiger partial charge is 0.484 e. The summed E-state index contributed by atoms with van der Waals surface area (Å²) < 4.78 is 45.8. The first-order chi connectivity index (χ1) is 14.3. The van der Waals surface area contributed by atoms with Crippen molar-refractivity contribution in [1.82, 2.24) is 24.6 Å². The normalized spacial score (nSPS) is 12.8. The Morgan fingerprint density at radius 3 is 2.57 bits per heavy atom. The highest BCUT2D eigenvalue weighted by atomic mass is 35.5. The van der Waals surface area contributed by atoms with Gasteiger partial charge in [0.2, 0.25) is 0 Å². The Hall–Kier alpha value is -3.20. The third-order valence-electron chi connectivity index (χ3n) is 4.48. The molecule has 6 nitrogen and oxygen atoms in total. The summed E-state index contributed by atoms with van der Waals surface area (Å²) in [7, 11) is 0. The van der Waals surface area contributed by atoms with Crippen LogP contribution in [0.3, 0.4) is 0 Å². The fourth-order valence-corrected chi connectivity index (χ4v) is 3.19. The molecule has 0 radical (unpaired) electrons. The van der Waals surface area contributed by atoms with Crippen molar-refractivity contribution in [1.29, 1.82) is 0 Å². The number of halogens is 4. The fraction of sp³-hybridized carbons (Fsp3) is 0.200. The van der Waals surface area contributed by atoms with Crippen molar-refractivity contribution < 1.29 is 17.9 Å². The van der Waals surface area contributed by atoms with E-state index >= 15 is 0 Å². The van der Waals surface area contributed by atoms with Crippen molar-refractivity contribution in [2.75, 3.05) is 0 Å². The summed E-state index contributed by atoms with van der Waals surface area (Å²) in [5, 5.41) is 4.12. The van der Waals surface area contributed by atoms with Gasteiger partial charge in [-0.25, -0.2) is 4.98 Å².